The Kier molecular flexibility index (Phi) is 4.30. The predicted octanol–water partition coefficient (Wildman–Crippen LogP) is 7.19. The summed E-state index contributed by atoms with van der Waals surface area (Å²) in [5, 5.41) is 6.12. The van der Waals surface area contributed by atoms with Gasteiger partial charge in [-0.2, -0.15) is 0 Å². The third-order valence-electron chi connectivity index (χ3n) is 11.7. The lowest BCUT2D eigenvalue weighted by Crippen LogP contribution is -2.55. The quantitative estimate of drug-likeness (QED) is 0.155. The lowest BCUT2D eigenvalue weighted by Gasteiger charge is -2.57. The summed E-state index contributed by atoms with van der Waals surface area (Å²) >= 11 is 0. The lowest BCUT2D eigenvalue weighted by molar-refractivity contribution is -0.124. The Morgan fingerprint density at radius 3 is 2.09 bits per heavy atom. The third-order valence-corrected chi connectivity index (χ3v) is 11.7. The van der Waals surface area contributed by atoms with Crippen LogP contribution in [-0.2, 0) is 14.9 Å². The van der Waals surface area contributed by atoms with Crippen LogP contribution in [0.15, 0.2) is 48.6 Å². The SMILES string of the molecule is COc1cc2c(c3c1[C@@H]1C(=O)[C@H]4C=Cc5c(OC)c(OC)c6ccc7c(OC)cc8c(OC)cc1c1c8c7c6c5[C@]314)[C@@H]1C=C[C@H]2O1. The van der Waals surface area contributed by atoms with Gasteiger partial charge in [0.15, 0.2) is 17.3 Å². The second-order valence-corrected chi connectivity index (χ2v) is 13.0. The summed E-state index contributed by atoms with van der Waals surface area (Å²) in [7, 11) is 8.48. The molecule has 12 rings (SSSR count). The molecule has 7 heteroatoms. The van der Waals surface area contributed by atoms with Gasteiger partial charge in [0, 0.05) is 32.7 Å². The number of fused-ring (bicyclic) bond motifs is 5. The van der Waals surface area contributed by atoms with Gasteiger partial charge in [-0.1, -0.05) is 24.3 Å². The Labute approximate surface area is 263 Å². The lowest BCUT2D eigenvalue weighted by atomic mass is 9.43. The second kappa shape index (κ2) is 7.85. The van der Waals surface area contributed by atoms with E-state index in [2.05, 4.69) is 54.6 Å². The highest BCUT2D eigenvalue weighted by molar-refractivity contribution is 6.30. The van der Waals surface area contributed by atoms with E-state index < -0.39 is 17.3 Å². The summed E-state index contributed by atoms with van der Waals surface area (Å²) in [5.74, 6) is 2.72. The van der Waals surface area contributed by atoms with Gasteiger partial charge in [-0.05, 0) is 74.5 Å². The van der Waals surface area contributed by atoms with Gasteiger partial charge in [0.25, 0.3) is 0 Å². The highest BCUT2D eigenvalue weighted by Crippen LogP contribution is 2.73. The van der Waals surface area contributed by atoms with Crippen LogP contribution < -0.4 is 23.7 Å². The molecule has 226 valence electrons. The van der Waals surface area contributed by atoms with Crippen molar-refractivity contribution in [3.05, 3.63) is 93.1 Å². The van der Waals surface area contributed by atoms with Crippen LogP contribution in [-0.4, -0.2) is 41.3 Å². The molecule has 5 aromatic carbocycles. The van der Waals surface area contributed by atoms with Crippen molar-refractivity contribution in [3.63, 3.8) is 0 Å². The fourth-order valence-electron chi connectivity index (χ4n) is 10.3. The second-order valence-electron chi connectivity index (χ2n) is 13.0. The average Bonchev–Trinajstić information content (AvgIpc) is 3.71. The van der Waals surface area contributed by atoms with E-state index in [1.54, 1.807) is 35.5 Å². The minimum atomic E-state index is -0.862. The number of hydrogen-bond acceptors (Lipinski definition) is 7. The average molecular weight is 609 g/mol. The van der Waals surface area contributed by atoms with E-state index in [1.165, 1.54) is 0 Å². The first-order chi connectivity index (χ1) is 22.5. The molecule has 0 aromatic heterocycles. The number of methoxy groups -OCH3 is 5. The maximum absolute atomic E-state index is 15.1. The van der Waals surface area contributed by atoms with E-state index in [4.69, 9.17) is 28.4 Å². The molecule has 0 amide bonds. The number of ether oxygens (including phenoxy) is 6. The molecule has 0 saturated heterocycles. The predicted molar refractivity (Wildman–Crippen MR) is 173 cm³/mol. The van der Waals surface area contributed by atoms with Gasteiger partial charge in [0.1, 0.15) is 29.5 Å². The Hall–Kier alpha value is -5.01. The largest absolute Gasteiger partial charge is 0.496 e. The van der Waals surface area contributed by atoms with Gasteiger partial charge < -0.3 is 28.4 Å². The molecule has 1 spiro atoms. The maximum Gasteiger partial charge on any atom is 0.169 e. The normalized spacial score (nSPS) is 25.8. The van der Waals surface area contributed by atoms with E-state index in [9.17, 15) is 0 Å². The molecule has 0 saturated carbocycles. The first-order valence-corrected chi connectivity index (χ1v) is 15.6. The summed E-state index contributed by atoms with van der Waals surface area (Å²) in [5.41, 5.74) is 7.63. The van der Waals surface area contributed by atoms with Crippen LogP contribution in [0.4, 0.5) is 0 Å². The van der Waals surface area contributed by atoms with Gasteiger partial charge in [0.2, 0.25) is 0 Å². The number of allylic oxidation sites excluding steroid dienone is 1. The number of carbonyl (C=O) groups excluding carboxylic acids is 1. The molecule has 7 aliphatic rings. The van der Waals surface area contributed by atoms with Crippen LogP contribution >= 0.6 is 0 Å². The molecule has 0 radical (unpaired) electrons. The Morgan fingerprint density at radius 1 is 0.630 bits per heavy atom. The van der Waals surface area contributed by atoms with Crippen molar-refractivity contribution in [2.24, 2.45) is 5.92 Å². The molecule has 5 aromatic rings. The third kappa shape index (κ3) is 2.31. The van der Waals surface area contributed by atoms with Crippen LogP contribution in [0.5, 0.6) is 28.7 Å². The topological polar surface area (TPSA) is 72.5 Å². The molecule has 5 atom stereocenters. The number of hydrogen-bond donors (Lipinski definition) is 0. The Bertz CT molecular complexity index is 2430. The first-order valence-electron chi connectivity index (χ1n) is 15.6. The highest BCUT2D eigenvalue weighted by atomic mass is 16.5. The number of ketones is 1. The zero-order valence-electron chi connectivity index (χ0n) is 25.9. The molecule has 0 unspecified atom stereocenters. The van der Waals surface area contributed by atoms with E-state index in [-0.39, 0.29) is 18.0 Å². The summed E-state index contributed by atoms with van der Waals surface area (Å²) in [6, 6.07) is 10.5. The molecule has 2 aliphatic heterocycles. The monoisotopic (exact) mass is 608 g/mol. The zero-order valence-corrected chi connectivity index (χ0v) is 25.9. The van der Waals surface area contributed by atoms with Crippen molar-refractivity contribution in [1.82, 2.24) is 0 Å². The van der Waals surface area contributed by atoms with E-state index in [0.717, 1.165) is 88.3 Å². The standard InChI is InChI=1S/C39H28O7/c1-41-24-12-19-25(42-2)14-20-31-32-26(43-3)13-18-22-10-11-23(46-22)27(18)35(32)39-21(36(31)40)9-8-17-33(39)29-16(37(44-4)38(17)45-5)7-6-15(24)28(29)30(19)34(20)39/h6-14,21-23,31H,1-5H3/t21-,22-,23+,31-,39+/m1/s1. The minimum absolute atomic E-state index is 0.146. The Morgan fingerprint density at radius 2 is 1.33 bits per heavy atom. The molecule has 2 heterocycles. The smallest absolute Gasteiger partial charge is 0.169 e. The minimum Gasteiger partial charge on any atom is -0.496 e. The summed E-state index contributed by atoms with van der Waals surface area (Å²) in [6.45, 7) is 0. The molecular weight excluding hydrogens is 580 g/mol. The molecule has 5 aliphatic carbocycles. The Balaban J connectivity index is 1.50. The molecule has 0 fully saturated rings. The fraction of sp³-hybridized carbons (Fsp3) is 0.256. The van der Waals surface area contributed by atoms with E-state index >= 15 is 4.79 Å². The van der Waals surface area contributed by atoms with Crippen LogP contribution in [0.3, 0.4) is 0 Å². The first kappa shape index (κ1) is 25.2. The van der Waals surface area contributed by atoms with Gasteiger partial charge in [-0.25, -0.2) is 0 Å². The van der Waals surface area contributed by atoms with Crippen molar-refractivity contribution in [2.75, 3.05) is 35.5 Å². The van der Waals surface area contributed by atoms with Crippen LogP contribution in [0, 0.1) is 5.92 Å². The molecular formula is C39H28O7. The van der Waals surface area contributed by atoms with E-state index in [0.29, 0.717) is 17.2 Å². The molecule has 0 N–H and O–H groups in total. The van der Waals surface area contributed by atoms with Crippen molar-refractivity contribution < 1.29 is 33.2 Å². The van der Waals surface area contributed by atoms with E-state index in [1.807, 2.05) is 0 Å². The fourth-order valence-corrected chi connectivity index (χ4v) is 10.3. The highest BCUT2D eigenvalue weighted by Gasteiger charge is 2.66. The summed E-state index contributed by atoms with van der Waals surface area (Å²) in [4.78, 5) is 15.1. The summed E-state index contributed by atoms with van der Waals surface area (Å²) in [6.07, 6.45) is 8.14. The number of carbonyl (C=O) groups is 1. The van der Waals surface area contributed by atoms with Gasteiger partial charge in [0.05, 0.1) is 52.8 Å². The van der Waals surface area contributed by atoms with Crippen molar-refractivity contribution in [1.29, 1.82) is 0 Å². The number of Topliss-reactive ketones (excluding diaryl/α,β-unsaturated/α-hetero) is 1. The number of benzene rings is 5. The van der Waals surface area contributed by atoms with Crippen LogP contribution in [0.1, 0.15) is 62.6 Å². The van der Waals surface area contributed by atoms with Crippen LogP contribution in [0.25, 0.3) is 38.4 Å². The maximum atomic E-state index is 15.1. The van der Waals surface area contributed by atoms with Crippen molar-refractivity contribution >= 4 is 44.2 Å². The van der Waals surface area contributed by atoms with Gasteiger partial charge >= 0.3 is 0 Å². The van der Waals surface area contributed by atoms with Crippen molar-refractivity contribution in [2.45, 2.75) is 23.5 Å². The molecule has 4 bridgehead atoms. The molecule has 46 heavy (non-hydrogen) atoms. The van der Waals surface area contributed by atoms with Gasteiger partial charge in [-0.15, -0.1) is 0 Å². The summed E-state index contributed by atoms with van der Waals surface area (Å²) < 4.78 is 37.2. The van der Waals surface area contributed by atoms with Crippen molar-refractivity contribution in [3.8, 4) is 28.7 Å². The van der Waals surface area contributed by atoms with Crippen LogP contribution in [0.2, 0.25) is 0 Å². The zero-order chi connectivity index (χ0) is 31.0. The number of rotatable bonds is 5. The van der Waals surface area contributed by atoms with Gasteiger partial charge in [-0.3, -0.25) is 4.79 Å². The molecule has 7 nitrogen and oxygen atoms in total.